The monoisotopic (exact) mass is 388 g/mol. The summed E-state index contributed by atoms with van der Waals surface area (Å²) in [5, 5.41) is 12.8. The van der Waals surface area contributed by atoms with E-state index in [1.54, 1.807) is 6.07 Å². The summed E-state index contributed by atoms with van der Waals surface area (Å²) >= 11 is 0. The Labute approximate surface area is 167 Å². The first-order valence-electron chi connectivity index (χ1n) is 10.4. The Kier molecular flexibility index (Phi) is 6.33. The first kappa shape index (κ1) is 20.7. The Bertz CT molecular complexity index is 764. The van der Waals surface area contributed by atoms with Crippen molar-refractivity contribution in [3.05, 3.63) is 35.9 Å². The van der Waals surface area contributed by atoms with Gasteiger partial charge in [-0.25, -0.2) is 9.07 Å². The van der Waals surface area contributed by atoms with Crippen LogP contribution in [0.1, 0.15) is 59.3 Å². The molecule has 1 aromatic carbocycles. The fraction of sp³-hybridized carbons (Fsp3) is 0.667. The number of nitrogens with zero attached hydrogens (tertiary/aromatic N) is 6. The van der Waals surface area contributed by atoms with Crippen molar-refractivity contribution in [1.82, 2.24) is 25.1 Å². The van der Waals surface area contributed by atoms with Crippen LogP contribution in [-0.4, -0.2) is 51.3 Å². The molecule has 6 nitrogen and oxygen atoms in total. The average molecular weight is 389 g/mol. The van der Waals surface area contributed by atoms with Crippen molar-refractivity contribution in [1.29, 1.82) is 0 Å². The fourth-order valence-electron chi connectivity index (χ4n) is 3.83. The van der Waals surface area contributed by atoms with E-state index in [4.69, 9.17) is 0 Å². The maximum Gasteiger partial charge on any atom is 0.168 e. The van der Waals surface area contributed by atoms with Gasteiger partial charge >= 0.3 is 0 Å². The lowest BCUT2D eigenvalue weighted by atomic mass is 9.98. The third-order valence-electron chi connectivity index (χ3n) is 5.87. The zero-order valence-electron chi connectivity index (χ0n) is 17.8. The van der Waals surface area contributed by atoms with Crippen molar-refractivity contribution < 1.29 is 4.39 Å². The number of halogens is 1. The van der Waals surface area contributed by atoms with Gasteiger partial charge in [0.2, 0.25) is 0 Å². The number of aromatic nitrogens is 4. The molecule has 2 heterocycles. The lowest BCUT2D eigenvalue weighted by Crippen LogP contribution is -2.49. The first-order valence-corrected chi connectivity index (χ1v) is 10.4. The van der Waals surface area contributed by atoms with Crippen LogP contribution in [-0.2, 0) is 5.54 Å². The molecule has 0 aliphatic carbocycles. The molecule has 7 heteroatoms. The predicted molar refractivity (Wildman–Crippen MR) is 110 cm³/mol. The summed E-state index contributed by atoms with van der Waals surface area (Å²) < 4.78 is 16.2. The Morgan fingerprint density at radius 1 is 1.11 bits per heavy atom. The van der Waals surface area contributed by atoms with Gasteiger partial charge in [0, 0.05) is 26.2 Å². The van der Waals surface area contributed by atoms with Crippen molar-refractivity contribution in [3.63, 3.8) is 0 Å². The Hall–Kier alpha value is -2.02. The lowest BCUT2D eigenvalue weighted by molar-refractivity contribution is 0.143. The summed E-state index contributed by atoms with van der Waals surface area (Å²) in [5.74, 6) is 1.33. The van der Waals surface area contributed by atoms with Crippen LogP contribution in [0.15, 0.2) is 24.3 Å². The van der Waals surface area contributed by atoms with Gasteiger partial charge in [-0.1, -0.05) is 32.9 Å². The quantitative estimate of drug-likeness (QED) is 0.721. The van der Waals surface area contributed by atoms with Crippen molar-refractivity contribution in [2.75, 3.05) is 31.1 Å². The van der Waals surface area contributed by atoms with E-state index in [-0.39, 0.29) is 17.4 Å². The molecule has 0 N–H and O–H groups in total. The van der Waals surface area contributed by atoms with Gasteiger partial charge in [0.05, 0.1) is 17.3 Å². The van der Waals surface area contributed by atoms with E-state index in [1.165, 1.54) is 6.07 Å². The van der Waals surface area contributed by atoms with Gasteiger partial charge in [-0.3, -0.25) is 4.90 Å². The summed E-state index contributed by atoms with van der Waals surface area (Å²) in [6.45, 7) is 14.3. The second-order valence-electron chi connectivity index (χ2n) is 8.73. The third-order valence-corrected chi connectivity index (χ3v) is 5.87. The molecular formula is C21H33FN6. The van der Waals surface area contributed by atoms with Crippen LogP contribution in [0, 0.1) is 11.7 Å². The first-order chi connectivity index (χ1) is 13.3. The van der Waals surface area contributed by atoms with Crippen molar-refractivity contribution in [3.8, 4) is 0 Å². The molecule has 0 spiro atoms. The molecule has 1 aromatic heterocycles. The van der Waals surface area contributed by atoms with Crippen LogP contribution in [0.4, 0.5) is 10.1 Å². The largest absolute Gasteiger partial charge is 0.367 e. The van der Waals surface area contributed by atoms with E-state index < -0.39 is 0 Å². The molecule has 0 radical (unpaired) electrons. The smallest absolute Gasteiger partial charge is 0.168 e. The second kappa shape index (κ2) is 8.55. The van der Waals surface area contributed by atoms with Gasteiger partial charge in [-0.15, -0.1) is 5.10 Å². The summed E-state index contributed by atoms with van der Waals surface area (Å²) in [6.07, 6.45) is 1.96. The molecule has 1 aliphatic rings. The Balaban J connectivity index is 1.80. The molecule has 0 unspecified atom stereocenters. The number of anilines is 1. The van der Waals surface area contributed by atoms with Gasteiger partial charge in [0.25, 0.3) is 0 Å². The van der Waals surface area contributed by atoms with E-state index >= 15 is 0 Å². The Morgan fingerprint density at radius 2 is 1.79 bits per heavy atom. The fourth-order valence-corrected chi connectivity index (χ4v) is 3.83. The highest BCUT2D eigenvalue weighted by Gasteiger charge is 2.33. The number of piperazine rings is 1. The molecule has 0 amide bonds. The normalized spacial score (nSPS) is 17.3. The molecule has 1 atom stereocenters. The molecule has 1 aliphatic heterocycles. The van der Waals surface area contributed by atoms with Crippen LogP contribution < -0.4 is 4.90 Å². The molecule has 1 fully saturated rings. The van der Waals surface area contributed by atoms with Gasteiger partial charge in [0.1, 0.15) is 5.82 Å². The summed E-state index contributed by atoms with van der Waals surface area (Å²) in [4.78, 5) is 4.60. The van der Waals surface area contributed by atoms with E-state index in [1.807, 2.05) is 16.8 Å². The molecule has 28 heavy (non-hydrogen) atoms. The number of tetrazole rings is 1. The minimum atomic E-state index is -0.150. The molecule has 2 aromatic rings. The second-order valence-corrected chi connectivity index (χ2v) is 8.73. The zero-order chi connectivity index (χ0) is 20.3. The van der Waals surface area contributed by atoms with Crippen LogP contribution in [0.2, 0.25) is 0 Å². The minimum Gasteiger partial charge on any atom is -0.367 e. The van der Waals surface area contributed by atoms with Crippen molar-refractivity contribution in [2.24, 2.45) is 5.92 Å². The summed E-state index contributed by atoms with van der Waals surface area (Å²) in [7, 11) is 0. The van der Waals surface area contributed by atoms with E-state index in [0.29, 0.717) is 11.6 Å². The summed E-state index contributed by atoms with van der Waals surface area (Å²) in [5.41, 5.74) is 0.572. The lowest BCUT2D eigenvalue weighted by Gasteiger charge is -2.41. The van der Waals surface area contributed by atoms with Crippen LogP contribution in [0.3, 0.4) is 0 Å². The number of rotatable bonds is 7. The van der Waals surface area contributed by atoms with Gasteiger partial charge in [-0.05, 0) is 55.2 Å². The van der Waals surface area contributed by atoms with Gasteiger partial charge in [0.15, 0.2) is 5.82 Å². The number of benzene rings is 1. The zero-order valence-corrected chi connectivity index (χ0v) is 17.8. The molecule has 0 bridgehead atoms. The number of hydrogen-bond donors (Lipinski definition) is 0. The van der Waals surface area contributed by atoms with Crippen LogP contribution >= 0.6 is 0 Å². The average Bonchev–Trinajstić information content (AvgIpc) is 3.17. The van der Waals surface area contributed by atoms with E-state index in [9.17, 15) is 4.39 Å². The maximum atomic E-state index is 14.2. The molecular weight excluding hydrogens is 355 g/mol. The Morgan fingerprint density at radius 3 is 2.39 bits per heavy atom. The van der Waals surface area contributed by atoms with Crippen LogP contribution in [0.25, 0.3) is 0 Å². The highest BCUT2D eigenvalue weighted by atomic mass is 19.1. The van der Waals surface area contributed by atoms with E-state index in [0.717, 1.165) is 44.8 Å². The standard InChI is InChI=1S/C21H33FN6/c1-6-21(4,5)28-20(23-24-25-28)19(15-16(2)3)27-13-11-26(12-14-27)18-10-8-7-9-17(18)22/h7-10,16,19H,6,11-15H2,1-5H3/t19-/m0/s1. The SMILES string of the molecule is CCC(C)(C)n1nnnc1[C@H](CC(C)C)N1CCN(c2ccccc2F)CC1. The van der Waals surface area contributed by atoms with Crippen LogP contribution in [0.5, 0.6) is 0 Å². The topological polar surface area (TPSA) is 50.1 Å². The van der Waals surface area contributed by atoms with E-state index in [2.05, 4.69) is 59.9 Å². The molecule has 0 saturated carbocycles. The summed E-state index contributed by atoms with van der Waals surface area (Å²) in [6, 6.07) is 7.20. The molecule has 154 valence electrons. The maximum absolute atomic E-state index is 14.2. The van der Waals surface area contributed by atoms with Gasteiger partial charge < -0.3 is 4.90 Å². The number of para-hydroxylation sites is 1. The van der Waals surface area contributed by atoms with Crippen molar-refractivity contribution >= 4 is 5.69 Å². The highest BCUT2D eigenvalue weighted by Crippen LogP contribution is 2.31. The third kappa shape index (κ3) is 4.35. The molecule has 3 rings (SSSR count). The number of hydrogen-bond acceptors (Lipinski definition) is 5. The van der Waals surface area contributed by atoms with Gasteiger partial charge in [-0.2, -0.15) is 0 Å². The van der Waals surface area contributed by atoms with Crippen molar-refractivity contribution in [2.45, 2.75) is 59.0 Å². The highest BCUT2D eigenvalue weighted by molar-refractivity contribution is 5.48. The molecule has 1 saturated heterocycles. The predicted octanol–water partition coefficient (Wildman–Crippen LogP) is 3.87. The minimum absolute atomic E-state index is 0.122.